The number of fused-ring (bicyclic) bond motifs is 1. The van der Waals surface area contributed by atoms with Crippen LogP contribution in [0, 0.1) is 5.41 Å². The van der Waals surface area contributed by atoms with Gasteiger partial charge >= 0.3 is 0 Å². The Morgan fingerprint density at radius 1 is 1.43 bits per heavy atom. The molecule has 3 saturated carbocycles. The second-order valence-electron chi connectivity index (χ2n) is 6.65. The van der Waals surface area contributed by atoms with Gasteiger partial charge in [0.15, 0.2) is 0 Å². The zero-order valence-corrected chi connectivity index (χ0v) is 11.6. The Bertz CT molecular complexity index is 820. The molecule has 0 unspecified atom stereocenters. The SMILES string of the molecule is CC12CC(NC(=O)c3c(O)c4cccnc4[nH]c3=O)(C1)C2. The van der Waals surface area contributed by atoms with E-state index >= 15 is 0 Å². The van der Waals surface area contributed by atoms with E-state index in [0.717, 1.165) is 19.3 Å². The average molecular weight is 285 g/mol. The Balaban J connectivity index is 1.73. The van der Waals surface area contributed by atoms with Gasteiger partial charge in [0.1, 0.15) is 17.0 Å². The predicted molar refractivity (Wildman–Crippen MR) is 76.2 cm³/mol. The minimum absolute atomic E-state index is 0.172. The molecule has 21 heavy (non-hydrogen) atoms. The quantitative estimate of drug-likeness (QED) is 0.775. The lowest BCUT2D eigenvalue weighted by atomic mass is 9.40. The number of H-pyrrole nitrogens is 1. The van der Waals surface area contributed by atoms with E-state index in [-0.39, 0.29) is 22.5 Å². The van der Waals surface area contributed by atoms with Gasteiger partial charge in [-0.3, -0.25) is 9.59 Å². The smallest absolute Gasteiger partial charge is 0.266 e. The van der Waals surface area contributed by atoms with Crippen molar-refractivity contribution in [2.75, 3.05) is 0 Å². The molecule has 2 heterocycles. The maximum Gasteiger partial charge on any atom is 0.266 e. The number of hydrogen-bond acceptors (Lipinski definition) is 4. The van der Waals surface area contributed by atoms with Crippen molar-refractivity contribution in [2.45, 2.75) is 31.7 Å². The Morgan fingerprint density at radius 3 is 2.81 bits per heavy atom. The second kappa shape index (κ2) is 3.63. The maximum absolute atomic E-state index is 12.4. The van der Waals surface area contributed by atoms with Crippen LogP contribution in [0.5, 0.6) is 5.75 Å². The van der Waals surface area contributed by atoms with Gasteiger partial charge in [-0.15, -0.1) is 0 Å². The summed E-state index contributed by atoms with van der Waals surface area (Å²) in [6.07, 6.45) is 4.35. The fraction of sp³-hybridized carbons (Fsp3) is 0.400. The molecule has 2 aromatic heterocycles. The molecule has 6 nitrogen and oxygen atoms in total. The van der Waals surface area contributed by atoms with E-state index in [9.17, 15) is 14.7 Å². The molecule has 3 fully saturated rings. The van der Waals surface area contributed by atoms with E-state index in [1.165, 1.54) is 6.20 Å². The molecule has 108 valence electrons. The molecule has 2 aromatic rings. The van der Waals surface area contributed by atoms with Crippen LogP contribution in [0.3, 0.4) is 0 Å². The number of hydrogen-bond donors (Lipinski definition) is 3. The van der Waals surface area contributed by atoms with Crippen LogP contribution in [0.15, 0.2) is 23.1 Å². The molecule has 0 spiro atoms. The monoisotopic (exact) mass is 285 g/mol. The van der Waals surface area contributed by atoms with Gasteiger partial charge in [-0.25, -0.2) is 4.98 Å². The minimum Gasteiger partial charge on any atom is -0.506 e. The summed E-state index contributed by atoms with van der Waals surface area (Å²) in [5.74, 6) is -0.821. The number of amides is 1. The van der Waals surface area contributed by atoms with Crippen molar-refractivity contribution >= 4 is 16.9 Å². The lowest BCUT2D eigenvalue weighted by Gasteiger charge is -2.69. The fourth-order valence-corrected chi connectivity index (χ4v) is 4.05. The highest BCUT2D eigenvalue weighted by molar-refractivity contribution is 6.01. The van der Waals surface area contributed by atoms with Gasteiger partial charge in [0.25, 0.3) is 11.5 Å². The second-order valence-corrected chi connectivity index (χ2v) is 6.65. The topological polar surface area (TPSA) is 95.1 Å². The van der Waals surface area contributed by atoms with E-state index in [4.69, 9.17) is 0 Å². The summed E-state index contributed by atoms with van der Waals surface area (Å²) in [5.41, 5.74) is -0.391. The molecule has 0 radical (unpaired) electrons. The van der Waals surface area contributed by atoms with Crippen molar-refractivity contribution < 1.29 is 9.90 Å². The lowest BCUT2D eigenvalue weighted by molar-refractivity contribution is -0.132. The summed E-state index contributed by atoms with van der Waals surface area (Å²) < 4.78 is 0. The standard InChI is InChI=1S/C15H15N3O3/c1-14-5-15(6-14,7-14)18-13(21)9-10(19)8-3-2-4-16-11(8)17-12(9)20/h2-4H,5-7H2,1H3,(H,18,21)(H2,16,17,19,20). The first-order chi connectivity index (χ1) is 9.91. The summed E-state index contributed by atoms with van der Waals surface area (Å²) in [5, 5.41) is 13.5. The van der Waals surface area contributed by atoms with E-state index in [0.29, 0.717) is 10.8 Å². The molecule has 3 aliphatic rings. The third-order valence-corrected chi connectivity index (χ3v) is 4.66. The summed E-state index contributed by atoms with van der Waals surface area (Å²) in [6.45, 7) is 2.19. The maximum atomic E-state index is 12.4. The number of nitrogens with zero attached hydrogens (tertiary/aromatic N) is 1. The van der Waals surface area contributed by atoms with Crippen molar-refractivity contribution in [3.05, 3.63) is 34.2 Å². The van der Waals surface area contributed by atoms with Crippen molar-refractivity contribution in [3.8, 4) is 5.75 Å². The lowest BCUT2D eigenvalue weighted by Crippen LogP contribution is -2.73. The summed E-state index contributed by atoms with van der Waals surface area (Å²) >= 11 is 0. The molecular weight excluding hydrogens is 270 g/mol. The van der Waals surface area contributed by atoms with Crippen molar-refractivity contribution in [3.63, 3.8) is 0 Å². The van der Waals surface area contributed by atoms with Crippen LogP contribution in [0.2, 0.25) is 0 Å². The Hall–Kier alpha value is -2.37. The number of aromatic hydroxyl groups is 1. The number of nitrogens with one attached hydrogen (secondary N) is 2. The zero-order valence-electron chi connectivity index (χ0n) is 11.6. The molecule has 0 atom stereocenters. The van der Waals surface area contributed by atoms with Crippen LogP contribution in [0.4, 0.5) is 0 Å². The van der Waals surface area contributed by atoms with E-state index in [1.807, 2.05) is 0 Å². The van der Waals surface area contributed by atoms with Crippen LogP contribution in [0.1, 0.15) is 36.5 Å². The molecular formula is C15H15N3O3. The van der Waals surface area contributed by atoms with Gasteiger partial charge < -0.3 is 15.4 Å². The van der Waals surface area contributed by atoms with E-state index in [2.05, 4.69) is 22.2 Å². The van der Waals surface area contributed by atoms with Gasteiger partial charge in [-0.05, 0) is 36.8 Å². The molecule has 5 rings (SSSR count). The van der Waals surface area contributed by atoms with Crippen LogP contribution in [0.25, 0.3) is 11.0 Å². The van der Waals surface area contributed by atoms with Crippen LogP contribution in [-0.4, -0.2) is 26.5 Å². The van der Waals surface area contributed by atoms with Gasteiger partial charge in [-0.2, -0.15) is 0 Å². The largest absolute Gasteiger partial charge is 0.506 e. The molecule has 2 bridgehead atoms. The summed E-state index contributed by atoms with van der Waals surface area (Å²) in [6, 6.07) is 3.26. The van der Waals surface area contributed by atoms with Crippen LogP contribution in [-0.2, 0) is 0 Å². The first-order valence-corrected chi connectivity index (χ1v) is 6.94. The van der Waals surface area contributed by atoms with E-state index < -0.39 is 11.5 Å². The van der Waals surface area contributed by atoms with Gasteiger partial charge in [-0.1, -0.05) is 6.92 Å². The van der Waals surface area contributed by atoms with Crippen molar-refractivity contribution in [2.24, 2.45) is 5.41 Å². The number of rotatable bonds is 2. The van der Waals surface area contributed by atoms with Crippen molar-refractivity contribution in [1.82, 2.24) is 15.3 Å². The first kappa shape index (κ1) is 12.4. The number of carbonyl (C=O) groups excluding carboxylic acids is 1. The predicted octanol–water partition coefficient (Wildman–Crippen LogP) is 1.30. The fourth-order valence-electron chi connectivity index (χ4n) is 4.05. The molecule has 3 N–H and O–H groups in total. The van der Waals surface area contributed by atoms with Gasteiger partial charge in [0.05, 0.1) is 5.39 Å². The molecule has 0 aromatic carbocycles. The van der Waals surface area contributed by atoms with E-state index in [1.54, 1.807) is 12.1 Å². The van der Waals surface area contributed by atoms with Gasteiger partial charge in [0.2, 0.25) is 0 Å². The average Bonchev–Trinajstić information content (AvgIpc) is 2.35. The van der Waals surface area contributed by atoms with Crippen LogP contribution < -0.4 is 10.9 Å². The number of pyridine rings is 2. The highest BCUT2D eigenvalue weighted by Crippen LogP contribution is 2.66. The number of aromatic amines is 1. The third kappa shape index (κ3) is 1.62. The van der Waals surface area contributed by atoms with Crippen LogP contribution >= 0.6 is 0 Å². The Kier molecular flexibility index (Phi) is 2.14. The Labute approximate surface area is 120 Å². The first-order valence-electron chi connectivity index (χ1n) is 6.94. The molecule has 3 aliphatic carbocycles. The molecule has 0 saturated heterocycles. The third-order valence-electron chi connectivity index (χ3n) is 4.66. The summed E-state index contributed by atoms with van der Waals surface area (Å²) in [7, 11) is 0. The number of carbonyl (C=O) groups is 1. The summed E-state index contributed by atoms with van der Waals surface area (Å²) in [4.78, 5) is 30.9. The normalized spacial score (nSPS) is 29.6. The zero-order chi connectivity index (χ0) is 14.8. The molecule has 6 heteroatoms. The van der Waals surface area contributed by atoms with Gasteiger partial charge in [0, 0.05) is 11.7 Å². The highest BCUT2D eigenvalue weighted by Gasteiger charge is 2.65. The van der Waals surface area contributed by atoms with Crippen molar-refractivity contribution in [1.29, 1.82) is 0 Å². The minimum atomic E-state index is -0.617. The molecule has 0 aliphatic heterocycles. The highest BCUT2D eigenvalue weighted by atomic mass is 16.3. The molecule has 1 amide bonds. The Morgan fingerprint density at radius 2 is 2.14 bits per heavy atom. The number of aromatic nitrogens is 2.